The molecule has 3 N–H and O–H groups in total. The van der Waals surface area contributed by atoms with E-state index >= 15 is 0 Å². The summed E-state index contributed by atoms with van der Waals surface area (Å²) in [6.07, 6.45) is 0.515. The lowest BCUT2D eigenvalue weighted by Crippen LogP contribution is -2.30. The Morgan fingerprint density at radius 3 is 2.84 bits per heavy atom. The highest BCUT2D eigenvalue weighted by Crippen LogP contribution is 2.21. The average Bonchev–Trinajstić information content (AvgIpc) is 2.88. The van der Waals surface area contributed by atoms with Crippen LogP contribution >= 0.6 is 0 Å². The zero-order valence-electron chi connectivity index (χ0n) is 10.3. The van der Waals surface area contributed by atoms with E-state index in [1.54, 1.807) is 6.07 Å². The Morgan fingerprint density at radius 1 is 1.32 bits per heavy atom. The first-order chi connectivity index (χ1) is 9.29. The van der Waals surface area contributed by atoms with Gasteiger partial charge in [0.1, 0.15) is 0 Å². The number of aliphatic hydroxyl groups is 1. The number of aromatic nitrogens is 1. The number of aliphatic hydroxyl groups excluding tert-OH is 1. The van der Waals surface area contributed by atoms with Crippen molar-refractivity contribution in [2.24, 2.45) is 0 Å². The van der Waals surface area contributed by atoms with Gasteiger partial charge in [-0.2, -0.15) is 0 Å². The Balaban J connectivity index is 1.93. The van der Waals surface area contributed by atoms with Gasteiger partial charge in [0.25, 0.3) is 0 Å². The highest BCUT2D eigenvalue weighted by Gasteiger charge is 2.08. The molecule has 2 amide bonds. The van der Waals surface area contributed by atoms with Crippen LogP contribution in [0.4, 0.5) is 10.6 Å². The number of carbonyl (C=O) groups is 1. The summed E-state index contributed by atoms with van der Waals surface area (Å²) >= 11 is 0. The van der Waals surface area contributed by atoms with Gasteiger partial charge in [0.15, 0.2) is 11.6 Å². The molecule has 0 saturated heterocycles. The maximum absolute atomic E-state index is 11.4. The monoisotopic (exact) mass is 261 g/mol. The minimum atomic E-state index is -0.374. The van der Waals surface area contributed by atoms with E-state index in [-0.39, 0.29) is 12.6 Å². The van der Waals surface area contributed by atoms with Crippen molar-refractivity contribution in [3.63, 3.8) is 0 Å². The minimum absolute atomic E-state index is 0.0440. The van der Waals surface area contributed by atoms with Crippen LogP contribution in [0, 0.1) is 0 Å². The van der Waals surface area contributed by atoms with Gasteiger partial charge in [0.05, 0.1) is 0 Å². The first-order valence-electron chi connectivity index (χ1n) is 5.97. The Hall–Kier alpha value is -2.34. The molecule has 1 heterocycles. The molecule has 0 spiro atoms. The molecule has 0 saturated carbocycles. The summed E-state index contributed by atoms with van der Waals surface area (Å²) in [5, 5.41) is 17.5. The molecule has 0 fully saturated rings. The van der Waals surface area contributed by atoms with E-state index in [1.165, 1.54) is 0 Å². The van der Waals surface area contributed by atoms with Gasteiger partial charge in [-0.25, -0.2) is 4.79 Å². The summed E-state index contributed by atoms with van der Waals surface area (Å²) < 4.78 is 5.14. The van der Waals surface area contributed by atoms with Crippen LogP contribution in [-0.2, 0) is 0 Å². The quantitative estimate of drug-likeness (QED) is 0.717. The number of urea groups is 1. The molecule has 100 valence electrons. The predicted molar refractivity (Wildman–Crippen MR) is 70.7 cm³/mol. The van der Waals surface area contributed by atoms with Gasteiger partial charge in [-0.05, 0) is 6.42 Å². The third-order valence-corrected chi connectivity index (χ3v) is 2.43. The Morgan fingerprint density at radius 2 is 2.11 bits per heavy atom. The Bertz CT molecular complexity index is 525. The van der Waals surface area contributed by atoms with Crippen molar-refractivity contribution in [2.75, 3.05) is 18.5 Å². The Kier molecular flexibility index (Phi) is 4.52. The number of hydrogen-bond donors (Lipinski definition) is 3. The van der Waals surface area contributed by atoms with Crippen LogP contribution in [0.2, 0.25) is 0 Å². The molecule has 1 aromatic heterocycles. The highest BCUT2D eigenvalue weighted by atomic mass is 16.5. The van der Waals surface area contributed by atoms with Gasteiger partial charge in [0.2, 0.25) is 0 Å². The van der Waals surface area contributed by atoms with E-state index in [9.17, 15) is 4.79 Å². The molecule has 0 radical (unpaired) electrons. The second-order valence-corrected chi connectivity index (χ2v) is 3.90. The van der Waals surface area contributed by atoms with Crippen LogP contribution in [0.5, 0.6) is 0 Å². The van der Waals surface area contributed by atoms with Crippen LogP contribution < -0.4 is 10.6 Å². The van der Waals surface area contributed by atoms with Crippen LogP contribution in [0.15, 0.2) is 40.9 Å². The summed E-state index contributed by atoms with van der Waals surface area (Å²) in [6.45, 7) is 0.453. The first-order valence-corrected chi connectivity index (χ1v) is 5.97. The van der Waals surface area contributed by atoms with Crippen molar-refractivity contribution in [2.45, 2.75) is 6.42 Å². The van der Waals surface area contributed by atoms with Gasteiger partial charge in [-0.1, -0.05) is 35.5 Å². The summed E-state index contributed by atoms with van der Waals surface area (Å²) in [7, 11) is 0. The standard InChI is InChI=1S/C13H15N3O3/c17-8-4-7-14-13(18)15-12-9-11(19-16-12)10-5-2-1-3-6-10/h1-3,5-6,9,17H,4,7-8H2,(H2,14,15,16,18). The summed E-state index contributed by atoms with van der Waals surface area (Å²) in [6, 6.07) is 10.8. The highest BCUT2D eigenvalue weighted by molar-refractivity contribution is 5.88. The summed E-state index contributed by atoms with van der Waals surface area (Å²) in [4.78, 5) is 11.4. The predicted octanol–water partition coefficient (Wildman–Crippen LogP) is 1.85. The fourth-order valence-corrected chi connectivity index (χ4v) is 1.51. The molecule has 2 aromatic rings. The first kappa shape index (κ1) is 13.1. The number of anilines is 1. The molecule has 1 aromatic carbocycles. The molecular weight excluding hydrogens is 246 g/mol. The molecule has 0 aliphatic heterocycles. The number of nitrogens with zero attached hydrogens (tertiary/aromatic N) is 1. The van der Waals surface area contributed by atoms with E-state index in [0.29, 0.717) is 24.5 Å². The van der Waals surface area contributed by atoms with Crippen LogP contribution in [0.1, 0.15) is 6.42 Å². The van der Waals surface area contributed by atoms with Crippen LogP contribution in [0.25, 0.3) is 11.3 Å². The van der Waals surface area contributed by atoms with Gasteiger partial charge >= 0.3 is 6.03 Å². The lowest BCUT2D eigenvalue weighted by Gasteiger charge is -2.02. The second kappa shape index (κ2) is 6.55. The van der Waals surface area contributed by atoms with Crippen molar-refractivity contribution < 1.29 is 14.4 Å². The molecule has 19 heavy (non-hydrogen) atoms. The molecule has 0 aliphatic rings. The zero-order chi connectivity index (χ0) is 13.5. The van der Waals surface area contributed by atoms with E-state index in [4.69, 9.17) is 9.63 Å². The normalized spacial score (nSPS) is 10.2. The smallest absolute Gasteiger partial charge is 0.320 e. The fraction of sp³-hybridized carbons (Fsp3) is 0.231. The molecule has 2 rings (SSSR count). The van der Waals surface area contributed by atoms with Crippen molar-refractivity contribution >= 4 is 11.8 Å². The van der Waals surface area contributed by atoms with Crippen molar-refractivity contribution in [1.29, 1.82) is 0 Å². The number of amides is 2. The third-order valence-electron chi connectivity index (χ3n) is 2.43. The zero-order valence-corrected chi connectivity index (χ0v) is 10.3. The van der Waals surface area contributed by atoms with E-state index < -0.39 is 0 Å². The number of nitrogens with one attached hydrogen (secondary N) is 2. The summed E-state index contributed by atoms with van der Waals surface area (Å²) in [5.41, 5.74) is 0.892. The largest absolute Gasteiger partial charge is 0.396 e. The molecule has 0 aliphatic carbocycles. The molecular formula is C13H15N3O3. The maximum Gasteiger partial charge on any atom is 0.320 e. The second-order valence-electron chi connectivity index (χ2n) is 3.90. The molecule has 0 atom stereocenters. The Labute approximate surface area is 110 Å². The fourth-order valence-electron chi connectivity index (χ4n) is 1.51. The SMILES string of the molecule is O=C(NCCCO)Nc1cc(-c2ccccc2)on1. The number of rotatable bonds is 5. The third kappa shape index (κ3) is 3.82. The topological polar surface area (TPSA) is 87.4 Å². The molecule has 0 bridgehead atoms. The van der Waals surface area contributed by atoms with Gasteiger partial charge in [0, 0.05) is 24.8 Å². The van der Waals surface area contributed by atoms with Gasteiger partial charge in [-0.15, -0.1) is 0 Å². The van der Waals surface area contributed by atoms with E-state index in [2.05, 4.69) is 15.8 Å². The lowest BCUT2D eigenvalue weighted by molar-refractivity contribution is 0.248. The van der Waals surface area contributed by atoms with Crippen molar-refractivity contribution in [3.8, 4) is 11.3 Å². The van der Waals surface area contributed by atoms with Crippen LogP contribution in [-0.4, -0.2) is 29.4 Å². The van der Waals surface area contributed by atoms with Gasteiger partial charge < -0.3 is 14.9 Å². The maximum atomic E-state index is 11.4. The molecule has 6 heteroatoms. The van der Waals surface area contributed by atoms with Crippen molar-refractivity contribution in [1.82, 2.24) is 10.5 Å². The van der Waals surface area contributed by atoms with E-state index in [1.807, 2.05) is 30.3 Å². The summed E-state index contributed by atoms with van der Waals surface area (Å²) in [5.74, 6) is 0.937. The average molecular weight is 261 g/mol. The van der Waals surface area contributed by atoms with Crippen LogP contribution in [0.3, 0.4) is 0 Å². The number of hydrogen-bond acceptors (Lipinski definition) is 4. The van der Waals surface area contributed by atoms with Gasteiger partial charge in [-0.3, -0.25) is 5.32 Å². The lowest BCUT2D eigenvalue weighted by atomic mass is 10.2. The number of carbonyl (C=O) groups excluding carboxylic acids is 1. The molecule has 0 unspecified atom stereocenters. The van der Waals surface area contributed by atoms with Crippen molar-refractivity contribution in [3.05, 3.63) is 36.4 Å². The minimum Gasteiger partial charge on any atom is -0.396 e. The van der Waals surface area contributed by atoms with E-state index in [0.717, 1.165) is 5.56 Å². The number of benzene rings is 1. The molecule has 6 nitrogen and oxygen atoms in total.